The predicted octanol–water partition coefficient (Wildman–Crippen LogP) is 3.45. The second-order valence-corrected chi connectivity index (χ2v) is 8.35. The minimum absolute atomic E-state index is 0.147. The summed E-state index contributed by atoms with van der Waals surface area (Å²) in [4.78, 5) is 3.98. The Hall–Kier alpha value is -4.17. The van der Waals surface area contributed by atoms with E-state index in [2.05, 4.69) is 31.7 Å². The van der Waals surface area contributed by atoms with E-state index in [9.17, 15) is 12.8 Å². The Morgan fingerprint density at radius 1 is 1.06 bits per heavy atom. The van der Waals surface area contributed by atoms with Crippen LogP contribution in [0.4, 0.5) is 14.5 Å². The molecule has 0 saturated heterocycles. The van der Waals surface area contributed by atoms with Gasteiger partial charge in [-0.2, -0.15) is 0 Å². The van der Waals surface area contributed by atoms with Crippen LogP contribution >= 0.6 is 0 Å². The van der Waals surface area contributed by atoms with Crippen molar-refractivity contribution in [1.82, 2.24) is 15.2 Å². The fraction of sp³-hybridized carbons (Fsp3) is 0.0909. The first kappa shape index (κ1) is 22.0. The highest BCUT2D eigenvalue weighted by Crippen LogP contribution is 2.25. The van der Waals surface area contributed by atoms with Gasteiger partial charge < -0.3 is 9.47 Å². The first-order valence-electron chi connectivity index (χ1n) is 9.37. The predicted molar refractivity (Wildman–Crippen MR) is 117 cm³/mol. The van der Waals surface area contributed by atoms with E-state index in [1.165, 1.54) is 38.6 Å². The summed E-state index contributed by atoms with van der Waals surface area (Å²) in [5.41, 5.74) is -0.235. The van der Waals surface area contributed by atoms with Crippen LogP contribution in [0.25, 0.3) is 11.0 Å². The van der Waals surface area contributed by atoms with Crippen molar-refractivity contribution >= 4 is 26.7 Å². The van der Waals surface area contributed by atoms with Gasteiger partial charge in [-0.05, 0) is 30.3 Å². The fourth-order valence-electron chi connectivity index (χ4n) is 2.96. The van der Waals surface area contributed by atoms with E-state index >= 15 is 4.39 Å². The third kappa shape index (κ3) is 4.42. The molecule has 2 aromatic heterocycles. The SMILES string of the molecule is COc1cccc(S(=O)(=O)Nc2ccc(F)c(C#Cc3cnc4[nH]nc(OC)c4c3)c2F)c1. The largest absolute Gasteiger partial charge is 0.497 e. The molecule has 2 heterocycles. The number of pyridine rings is 1. The van der Waals surface area contributed by atoms with Crippen LogP contribution < -0.4 is 14.2 Å². The zero-order valence-corrected chi connectivity index (χ0v) is 18.1. The maximum Gasteiger partial charge on any atom is 0.262 e. The van der Waals surface area contributed by atoms with Crippen LogP contribution in [0, 0.1) is 23.5 Å². The van der Waals surface area contributed by atoms with Crippen molar-refractivity contribution in [1.29, 1.82) is 0 Å². The molecule has 33 heavy (non-hydrogen) atoms. The van der Waals surface area contributed by atoms with Gasteiger partial charge in [-0.25, -0.2) is 22.2 Å². The fourth-order valence-corrected chi connectivity index (χ4v) is 4.05. The molecule has 0 aliphatic carbocycles. The lowest BCUT2D eigenvalue weighted by Crippen LogP contribution is -2.14. The van der Waals surface area contributed by atoms with E-state index in [0.29, 0.717) is 28.2 Å². The van der Waals surface area contributed by atoms with Gasteiger partial charge in [0.25, 0.3) is 10.0 Å². The second-order valence-electron chi connectivity index (χ2n) is 6.67. The molecule has 0 spiro atoms. The third-order valence-electron chi connectivity index (χ3n) is 4.59. The van der Waals surface area contributed by atoms with Crippen molar-refractivity contribution in [3.63, 3.8) is 0 Å². The number of methoxy groups -OCH3 is 2. The van der Waals surface area contributed by atoms with E-state index in [-0.39, 0.29) is 4.90 Å². The first-order chi connectivity index (χ1) is 15.8. The van der Waals surface area contributed by atoms with Gasteiger partial charge in [-0.3, -0.25) is 9.82 Å². The van der Waals surface area contributed by atoms with Crippen LogP contribution in [-0.4, -0.2) is 37.8 Å². The minimum atomic E-state index is -4.17. The lowest BCUT2D eigenvalue weighted by atomic mass is 10.1. The van der Waals surface area contributed by atoms with Crippen LogP contribution in [0.2, 0.25) is 0 Å². The van der Waals surface area contributed by atoms with Gasteiger partial charge in [-0.1, -0.05) is 17.9 Å². The topological polar surface area (TPSA) is 106 Å². The van der Waals surface area contributed by atoms with Gasteiger partial charge in [0.15, 0.2) is 11.5 Å². The number of benzene rings is 2. The molecular weight excluding hydrogens is 454 g/mol. The standard InChI is InChI=1S/C22H16F2N4O4S/c1-31-14-4-3-5-15(11-14)33(29,30)28-19-9-8-18(23)16(20(19)24)7-6-13-10-17-21(25-12-13)26-27-22(17)32-2/h3-5,8-12,28H,1-2H3,(H,25,26,27). The summed E-state index contributed by atoms with van der Waals surface area (Å²) in [5.74, 6) is 3.55. The highest BCUT2D eigenvalue weighted by Gasteiger charge is 2.20. The summed E-state index contributed by atoms with van der Waals surface area (Å²) in [6.07, 6.45) is 1.40. The van der Waals surface area contributed by atoms with Gasteiger partial charge in [0.2, 0.25) is 5.88 Å². The molecule has 2 N–H and O–H groups in total. The normalized spacial score (nSPS) is 11.0. The Bertz CT molecular complexity index is 1520. The van der Waals surface area contributed by atoms with Crippen molar-refractivity contribution in [3.05, 3.63) is 71.4 Å². The average Bonchev–Trinajstić information content (AvgIpc) is 3.23. The molecule has 168 valence electrons. The molecule has 0 aliphatic rings. The van der Waals surface area contributed by atoms with E-state index in [0.717, 1.165) is 12.1 Å². The molecule has 0 saturated carbocycles. The number of H-pyrrole nitrogens is 1. The summed E-state index contributed by atoms with van der Waals surface area (Å²) in [6, 6.07) is 9.15. The Balaban J connectivity index is 1.68. The minimum Gasteiger partial charge on any atom is -0.497 e. The number of halogens is 2. The summed E-state index contributed by atoms with van der Waals surface area (Å²) in [7, 11) is -1.34. The highest BCUT2D eigenvalue weighted by atomic mass is 32.2. The van der Waals surface area contributed by atoms with Gasteiger partial charge in [0, 0.05) is 17.8 Å². The molecule has 0 atom stereocenters. The molecule has 0 unspecified atom stereocenters. The van der Waals surface area contributed by atoms with Crippen molar-refractivity contribution < 1.29 is 26.7 Å². The third-order valence-corrected chi connectivity index (χ3v) is 5.96. The quantitative estimate of drug-likeness (QED) is 0.433. The summed E-state index contributed by atoms with van der Waals surface area (Å²) in [6.45, 7) is 0. The molecule has 8 nitrogen and oxygen atoms in total. The maximum atomic E-state index is 15.0. The van der Waals surface area contributed by atoms with Crippen LogP contribution in [0.3, 0.4) is 0 Å². The van der Waals surface area contributed by atoms with Crippen molar-refractivity contribution in [2.45, 2.75) is 4.90 Å². The van der Waals surface area contributed by atoms with E-state index in [4.69, 9.17) is 9.47 Å². The number of sulfonamides is 1. The molecule has 0 radical (unpaired) electrons. The Morgan fingerprint density at radius 2 is 1.88 bits per heavy atom. The summed E-state index contributed by atoms with van der Waals surface area (Å²) >= 11 is 0. The van der Waals surface area contributed by atoms with Gasteiger partial charge in [0.05, 0.1) is 35.8 Å². The molecule has 0 amide bonds. The number of aromatic amines is 1. The number of hydrogen-bond acceptors (Lipinski definition) is 6. The number of ether oxygens (including phenoxy) is 2. The monoisotopic (exact) mass is 470 g/mol. The molecule has 4 rings (SSSR count). The molecule has 4 aromatic rings. The van der Waals surface area contributed by atoms with Crippen molar-refractivity contribution in [2.75, 3.05) is 18.9 Å². The number of nitrogens with one attached hydrogen (secondary N) is 2. The zero-order valence-electron chi connectivity index (χ0n) is 17.3. The number of anilines is 1. The molecular formula is C22H16F2N4O4S. The number of nitrogens with zero attached hydrogens (tertiary/aromatic N) is 2. The lowest BCUT2D eigenvalue weighted by Gasteiger charge is -2.11. The second kappa shape index (κ2) is 8.76. The van der Waals surface area contributed by atoms with Gasteiger partial charge in [-0.15, -0.1) is 5.10 Å². The number of hydrogen-bond donors (Lipinski definition) is 2. The van der Waals surface area contributed by atoms with Crippen molar-refractivity contribution in [3.8, 4) is 23.5 Å². The zero-order chi connectivity index (χ0) is 23.6. The Labute approximate surface area is 187 Å². The van der Waals surface area contributed by atoms with Crippen LogP contribution in [-0.2, 0) is 10.0 Å². The smallest absolute Gasteiger partial charge is 0.262 e. The molecule has 0 bridgehead atoms. The van der Waals surface area contributed by atoms with Crippen molar-refractivity contribution in [2.24, 2.45) is 0 Å². The van der Waals surface area contributed by atoms with Crippen LogP contribution in [0.1, 0.15) is 11.1 Å². The van der Waals surface area contributed by atoms with Gasteiger partial charge in [0.1, 0.15) is 11.6 Å². The van der Waals surface area contributed by atoms with Gasteiger partial charge >= 0.3 is 0 Å². The number of rotatable bonds is 5. The summed E-state index contributed by atoms with van der Waals surface area (Å²) < 4.78 is 66.9. The number of fused-ring (bicyclic) bond motifs is 1. The highest BCUT2D eigenvalue weighted by molar-refractivity contribution is 7.92. The lowest BCUT2D eigenvalue weighted by molar-refractivity contribution is 0.401. The Kier molecular flexibility index (Phi) is 5.85. The van der Waals surface area contributed by atoms with Crippen LogP contribution in [0.15, 0.2) is 53.6 Å². The summed E-state index contributed by atoms with van der Waals surface area (Å²) in [5, 5.41) is 7.16. The van der Waals surface area contributed by atoms with E-state index in [1.807, 2.05) is 0 Å². The van der Waals surface area contributed by atoms with E-state index < -0.39 is 32.9 Å². The number of aromatic nitrogens is 3. The molecule has 2 aromatic carbocycles. The maximum absolute atomic E-state index is 15.0. The molecule has 0 fully saturated rings. The Morgan fingerprint density at radius 3 is 2.64 bits per heavy atom. The molecule has 0 aliphatic heterocycles. The first-order valence-corrected chi connectivity index (χ1v) is 10.9. The average molecular weight is 470 g/mol. The molecule has 11 heteroatoms. The van der Waals surface area contributed by atoms with E-state index in [1.54, 1.807) is 12.1 Å². The van der Waals surface area contributed by atoms with Crippen LogP contribution in [0.5, 0.6) is 11.6 Å².